The molecule has 0 atom stereocenters. The second-order valence-electron chi connectivity index (χ2n) is 7.61. The van der Waals surface area contributed by atoms with Crippen LogP contribution in [0.5, 0.6) is 0 Å². The van der Waals surface area contributed by atoms with Crippen LogP contribution in [-0.2, 0) is 4.74 Å². The molecule has 0 radical (unpaired) electrons. The molecule has 6 heteroatoms. The Balaban J connectivity index is 1.75. The normalized spacial score (nSPS) is 14.9. The van der Waals surface area contributed by atoms with Gasteiger partial charge in [0.05, 0.1) is 5.56 Å². The average Bonchev–Trinajstić information content (AvgIpc) is 2.70. The number of carbonyl (C=O) groups excluding carboxylic acids is 1. The summed E-state index contributed by atoms with van der Waals surface area (Å²) in [5, 5.41) is 6.46. The quantitative estimate of drug-likeness (QED) is 0.642. The summed E-state index contributed by atoms with van der Waals surface area (Å²) in [7, 11) is 0. The lowest BCUT2D eigenvalue weighted by molar-refractivity contribution is 0.0642. The Morgan fingerprint density at radius 3 is 2.79 bits per heavy atom. The number of pyridine rings is 1. The fourth-order valence-corrected chi connectivity index (χ4v) is 3.74. The first kappa shape index (κ1) is 20.8. The van der Waals surface area contributed by atoms with Crippen molar-refractivity contribution >= 4 is 33.3 Å². The molecule has 1 saturated heterocycles. The fraction of sp³-hybridized carbons (Fsp3) is 0.455. The number of ether oxygens (including phenoxy) is 1. The number of hydrogen-bond donors (Lipinski definition) is 2. The van der Waals surface area contributed by atoms with Gasteiger partial charge in [0, 0.05) is 36.1 Å². The van der Waals surface area contributed by atoms with Crippen LogP contribution in [0.4, 0.5) is 11.5 Å². The lowest BCUT2D eigenvalue weighted by Crippen LogP contribution is -2.32. The molecule has 1 fully saturated rings. The number of benzene rings is 1. The Morgan fingerprint density at radius 2 is 2.07 bits per heavy atom. The van der Waals surface area contributed by atoms with Gasteiger partial charge in [0.25, 0.3) is 5.91 Å². The highest BCUT2D eigenvalue weighted by Gasteiger charge is 2.19. The van der Waals surface area contributed by atoms with E-state index in [1.807, 2.05) is 31.2 Å². The molecule has 1 aromatic carbocycles. The largest absolute Gasteiger partial charge is 0.381 e. The van der Waals surface area contributed by atoms with Gasteiger partial charge in [-0.2, -0.15) is 0 Å². The summed E-state index contributed by atoms with van der Waals surface area (Å²) in [6.45, 7) is 8.51. The zero-order chi connectivity index (χ0) is 20.1. The van der Waals surface area contributed by atoms with Crippen molar-refractivity contribution in [1.82, 2.24) is 10.3 Å². The van der Waals surface area contributed by atoms with E-state index in [1.165, 1.54) is 0 Å². The number of carbonyl (C=O) groups is 1. The van der Waals surface area contributed by atoms with Crippen LogP contribution in [0.3, 0.4) is 0 Å². The van der Waals surface area contributed by atoms with Gasteiger partial charge in [-0.05, 0) is 60.9 Å². The second kappa shape index (κ2) is 9.52. The molecule has 2 aromatic rings. The third-order valence-electron chi connectivity index (χ3n) is 5.23. The predicted octanol–water partition coefficient (Wildman–Crippen LogP) is 5.18. The SMILES string of the molecule is Cc1c(Br)cccc1Nc1cc(C(C)C)c(C(=O)NCC2CCOCC2)cn1. The lowest BCUT2D eigenvalue weighted by Gasteiger charge is -2.22. The minimum absolute atomic E-state index is 0.0483. The molecule has 0 saturated carbocycles. The van der Waals surface area contributed by atoms with Gasteiger partial charge in [-0.25, -0.2) is 4.98 Å². The number of aromatic nitrogens is 1. The maximum atomic E-state index is 12.8. The summed E-state index contributed by atoms with van der Waals surface area (Å²) in [5.41, 5.74) is 3.76. The predicted molar refractivity (Wildman–Crippen MR) is 116 cm³/mol. The minimum Gasteiger partial charge on any atom is -0.381 e. The first-order valence-electron chi connectivity index (χ1n) is 9.83. The third kappa shape index (κ3) is 5.11. The number of halogens is 1. The standard InChI is InChI=1S/C22H28BrN3O2/c1-14(2)17-11-21(26-20-6-4-5-19(23)15(20)3)24-13-18(17)22(27)25-12-16-7-9-28-10-8-16/h4-6,11,13-14,16H,7-10,12H2,1-3H3,(H,24,26)(H,25,27). The van der Waals surface area contributed by atoms with Crippen molar-refractivity contribution in [1.29, 1.82) is 0 Å². The molecule has 1 amide bonds. The summed E-state index contributed by atoms with van der Waals surface area (Å²) in [6, 6.07) is 8.00. The molecule has 0 unspecified atom stereocenters. The van der Waals surface area contributed by atoms with E-state index in [1.54, 1.807) is 6.20 Å². The van der Waals surface area contributed by atoms with E-state index >= 15 is 0 Å². The van der Waals surface area contributed by atoms with Crippen LogP contribution < -0.4 is 10.6 Å². The Labute approximate surface area is 175 Å². The molecule has 2 N–H and O–H groups in total. The first-order valence-corrected chi connectivity index (χ1v) is 10.6. The smallest absolute Gasteiger partial charge is 0.253 e. The van der Waals surface area contributed by atoms with Crippen LogP contribution in [0.25, 0.3) is 0 Å². The van der Waals surface area contributed by atoms with E-state index < -0.39 is 0 Å². The van der Waals surface area contributed by atoms with E-state index in [-0.39, 0.29) is 11.8 Å². The average molecular weight is 446 g/mol. The van der Waals surface area contributed by atoms with Crippen molar-refractivity contribution in [2.24, 2.45) is 5.92 Å². The molecular formula is C22H28BrN3O2. The van der Waals surface area contributed by atoms with Gasteiger partial charge < -0.3 is 15.4 Å². The maximum absolute atomic E-state index is 12.8. The number of amides is 1. The van der Waals surface area contributed by atoms with Crippen LogP contribution in [0.1, 0.15) is 54.1 Å². The van der Waals surface area contributed by atoms with Crippen LogP contribution >= 0.6 is 15.9 Å². The van der Waals surface area contributed by atoms with Gasteiger partial charge >= 0.3 is 0 Å². The highest BCUT2D eigenvalue weighted by molar-refractivity contribution is 9.10. The monoisotopic (exact) mass is 445 g/mol. The number of nitrogens with zero attached hydrogens (tertiary/aromatic N) is 1. The Morgan fingerprint density at radius 1 is 1.32 bits per heavy atom. The van der Waals surface area contributed by atoms with Crippen LogP contribution in [-0.4, -0.2) is 30.6 Å². The summed E-state index contributed by atoms with van der Waals surface area (Å²) >= 11 is 3.56. The summed E-state index contributed by atoms with van der Waals surface area (Å²) in [5.74, 6) is 1.41. The van der Waals surface area contributed by atoms with Gasteiger partial charge in [-0.1, -0.05) is 35.8 Å². The number of hydrogen-bond acceptors (Lipinski definition) is 4. The molecule has 1 aliphatic heterocycles. The topological polar surface area (TPSA) is 63.2 Å². The van der Waals surface area contributed by atoms with E-state index in [4.69, 9.17) is 4.74 Å². The number of anilines is 2. The van der Waals surface area contributed by atoms with E-state index in [0.29, 0.717) is 18.0 Å². The molecule has 28 heavy (non-hydrogen) atoms. The molecular weight excluding hydrogens is 418 g/mol. The first-order chi connectivity index (χ1) is 13.5. The van der Waals surface area contributed by atoms with Crippen molar-refractivity contribution in [2.45, 2.75) is 39.5 Å². The van der Waals surface area contributed by atoms with Gasteiger partial charge in [0.1, 0.15) is 5.82 Å². The van der Waals surface area contributed by atoms with Gasteiger partial charge in [-0.3, -0.25) is 4.79 Å². The van der Waals surface area contributed by atoms with E-state index in [9.17, 15) is 4.79 Å². The molecule has 5 nitrogen and oxygen atoms in total. The highest BCUT2D eigenvalue weighted by Crippen LogP contribution is 2.28. The Hall–Kier alpha value is -1.92. The number of rotatable bonds is 6. The lowest BCUT2D eigenvalue weighted by atomic mass is 9.97. The second-order valence-corrected chi connectivity index (χ2v) is 8.47. The summed E-state index contributed by atoms with van der Waals surface area (Å²) < 4.78 is 6.43. The molecule has 1 aliphatic rings. The van der Waals surface area contributed by atoms with Gasteiger partial charge in [-0.15, -0.1) is 0 Å². The third-order valence-corrected chi connectivity index (χ3v) is 6.08. The van der Waals surface area contributed by atoms with Crippen molar-refractivity contribution in [2.75, 3.05) is 25.1 Å². The van der Waals surface area contributed by atoms with Gasteiger partial charge in [0.2, 0.25) is 0 Å². The molecule has 150 valence electrons. The zero-order valence-corrected chi connectivity index (χ0v) is 18.3. The maximum Gasteiger partial charge on any atom is 0.253 e. The van der Waals surface area contributed by atoms with Gasteiger partial charge in [0.15, 0.2) is 0 Å². The van der Waals surface area contributed by atoms with Crippen molar-refractivity contribution in [3.05, 3.63) is 51.6 Å². The molecule has 2 heterocycles. The molecule has 3 rings (SSSR count). The summed E-state index contributed by atoms with van der Waals surface area (Å²) in [4.78, 5) is 17.3. The van der Waals surface area contributed by atoms with Crippen molar-refractivity contribution < 1.29 is 9.53 Å². The van der Waals surface area contributed by atoms with E-state index in [2.05, 4.69) is 45.4 Å². The molecule has 1 aromatic heterocycles. The fourth-order valence-electron chi connectivity index (χ4n) is 3.37. The number of nitrogens with one attached hydrogen (secondary N) is 2. The Bertz CT molecular complexity index is 833. The molecule has 0 bridgehead atoms. The van der Waals surface area contributed by atoms with Crippen LogP contribution in [0.2, 0.25) is 0 Å². The van der Waals surface area contributed by atoms with Crippen LogP contribution in [0.15, 0.2) is 34.9 Å². The zero-order valence-electron chi connectivity index (χ0n) is 16.7. The molecule has 0 aliphatic carbocycles. The van der Waals surface area contributed by atoms with Crippen molar-refractivity contribution in [3.8, 4) is 0 Å². The highest BCUT2D eigenvalue weighted by atomic mass is 79.9. The summed E-state index contributed by atoms with van der Waals surface area (Å²) in [6.07, 6.45) is 3.69. The Kier molecular flexibility index (Phi) is 7.08. The van der Waals surface area contributed by atoms with Crippen LogP contribution in [0, 0.1) is 12.8 Å². The minimum atomic E-state index is -0.0483. The van der Waals surface area contributed by atoms with Crippen molar-refractivity contribution in [3.63, 3.8) is 0 Å². The molecule has 0 spiro atoms. The van der Waals surface area contributed by atoms with E-state index in [0.717, 1.165) is 53.2 Å².